The first-order valence-electron chi connectivity index (χ1n) is 9.34. The van der Waals surface area contributed by atoms with Gasteiger partial charge in [0.25, 0.3) is 0 Å². The van der Waals surface area contributed by atoms with Crippen LogP contribution in [0.4, 0.5) is 8.78 Å². The van der Waals surface area contributed by atoms with Crippen LogP contribution in [-0.2, 0) is 24.4 Å². The van der Waals surface area contributed by atoms with Gasteiger partial charge in [-0.25, -0.2) is 0 Å². The maximum Gasteiger partial charge on any atom is 0.387 e. The molecular weight excluding hydrogens is 366 g/mol. The Bertz CT molecular complexity index is 735. The number of nitrogens with one attached hydrogen (secondary N) is 1. The van der Waals surface area contributed by atoms with Crippen LogP contribution in [0.3, 0.4) is 0 Å². The first-order valence-corrected chi connectivity index (χ1v) is 9.34. The van der Waals surface area contributed by atoms with Gasteiger partial charge in [0, 0.05) is 32.7 Å². The summed E-state index contributed by atoms with van der Waals surface area (Å²) in [6.45, 7) is 2.97. The molecular formula is C21H26F2N2O3. The van der Waals surface area contributed by atoms with Crippen molar-refractivity contribution in [2.45, 2.75) is 26.2 Å². The van der Waals surface area contributed by atoms with Gasteiger partial charge < -0.3 is 19.5 Å². The molecule has 2 aromatic carbocycles. The lowest BCUT2D eigenvalue weighted by atomic mass is 10.1. The van der Waals surface area contributed by atoms with E-state index in [1.54, 1.807) is 12.1 Å². The van der Waals surface area contributed by atoms with E-state index in [1.165, 1.54) is 24.3 Å². The summed E-state index contributed by atoms with van der Waals surface area (Å²) in [6, 6.07) is 13.5. The van der Waals surface area contributed by atoms with E-state index < -0.39 is 6.61 Å². The summed E-state index contributed by atoms with van der Waals surface area (Å²) in [5, 5.41) is 3.36. The lowest BCUT2D eigenvalue weighted by molar-refractivity contribution is -0.0512. The molecule has 0 saturated carbocycles. The van der Waals surface area contributed by atoms with E-state index in [0.29, 0.717) is 12.3 Å². The van der Waals surface area contributed by atoms with Crippen molar-refractivity contribution in [2.75, 3.05) is 33.4 Å². The predicted octanol–water partition coefficient (Wildman–Crippen LogP) is 3.42. The minimum Gasteiger partial charge on any atom is -0.493 e. The lowest BCUT2D eigenvalue weighted by Crippen LogP contribution is -2.35. The Labute approximate surface area is 164 Å². The summed E-state index contributed by atoms with van der Waals surface area (Å²) >= 11 is 0. The number of alkyl halides is 2. The molecule has 0 radical (unpaired) electrons. The van der Waals surface area contributed by atoms with Gasteiger partial charge in [0.05, 0.1) is 20.3 Å². The smallest absolute Gasteiger partial charge is 0.387 e. The van der Waals surface area contributed by atoms with Crippen molar-refractivity contribution in [3.63, 3.8) is 0 Å². The fourth-order valence-electron chi connectivity index (χ4n) is 3.15. The zero-order valence-electron chi connectivity index (χ0n) is 16.0. The average molecular weight is 392 g/mol. The molecule has 0 aliphatic carbocycles. The van der Waals surface area contributed by atoms with E-state index in [-0.39, 0.29) is 5.75 Å². The molecule has 0 aromatic heterocycles. The molecule has 5 nitrogen and oxygen atoms in total. The third-order valence-corrected chi connectivity index (χ3v) is 4.64. The Morgan fingerprint density at radius 3 is 2.29 bits per heavy atom. The van der Waals surface area contributed by atoms with Gasteiger partial charge >= 0.3 is 6.61 Å². The zero-order chi connectivity index (χ0) is 19.8. The summed E-state index contributed by atoms with van der Waals surface area (Å²) in [5.41, 5.74) is 3.42. The average Bonchev–Trinajstić information content (AvgIpc) is 2.71. The summed E-state index contributed by atoms with van der Waals surface area (Å²) < 4.78 is 39.7. The van der Waals surface area contributed by atoms with Gasteiger partial charge in [-0.1, -0.05) is 30.3 Å². The number of nitrogens with zero attached hydrogens (tertiary/aromatic N) is 1. The van der Waals surface area contributed by atoms with E-state index in [9.17, 15) is 8.78 Å². The second kappa shape index (κ2) is 10.4. The summed E-state index contributed by atoms with van der Waals surface area (Å²) in [7, 11) is 1.43. The standard InChI is InChI=1S/C21H26F2N2O3/c1-26-20-12-18(6-7-19(20)28-21(22)23)14-24-13-16-2-4-17(5-3-16)15-25-8-10-27-11-9-25/h2-7,12,21,24H,8-11,13-15H2,1H3. The number of morpholine rings is 1. The number of halogens is 2. The third-order valence-electron chi connectivity index (χ3n) is 4.64. The summed E-state index contributed by atoms with van der Waals surface area (Å²) in [5.74, 6) is 0.337. The second-order valence-corrected chi connectivity index (χ2v) is 6.67. The quantitative estimate of drug-likeness (QED) is 0.708. The number of hydrogen-bond donors (Lipinski definition) is 1. The van der Waals surface area contributed by atoms with Crippen molar-refractivity contribution >= 4 is 0 Å². The monoisotopic (exact) mass is 392 g/mol. The van der Waals surface area contributed by atoms with Gasteiger partial charge in [0.2, 0.25) is 0 Å². The maximum absolute atomic E-state index is 12.4. The van der Waals surface area contributed by atoms with Crippen molar-refractivity contribution < 1.29 is 23.0 Å². The topological polar surface area (TPSA) is 43.0 Å². The van der Waals surface area contributed by atoms with Gasteiger partial charge in [0.15, 0.2) is 11.5 Å². The molecule has 0 atom stereocenters. The molecule has 0 amide bonds. The second-order valence-electron chi connectivity index (χ2n) is 6.67. The molecule has 1 heterocycles. The molecule has 0 spiro atoms. The number of rotatable bonds is 9. The summed E-state index contributed by atoms with van der Waals surface area (Å²) in [4.78, 5) is 2.39. The highest BCUT2D eigenvalue weighted by Gasteiger charge is 2.12. The van der Waals surface area contributed by atoms with Crippen LogP contribution in [0.25, 0.3) is 0 Å². The van der Waals surface area contributed by atoms with Crippen LogP contribution in [0.15, 0.2) is 42.5 Å². The van der Waals surface area contributed by atoms with E-state index in [0.717, 1.165) is 45.0 Å². The van der Waals surface area contributed by atoms with E-state index in [1.807, 2.05) is 0 Å². The lowest BCUT2D eigenvalue weighted by Gasteiger charge is -2.26. The zero-order valence-corrected chi connectivity index (χ0v) is 16.0. The first kappa shape index (κ1) is 20.5. The van der Waals surface area contributed by atoms with Crippen LogP contribution >= 0.6 is 0 Å². The highest BCUT2D eigenvalue weighted by molar-refractivity contribution is 5.43. The minimum atomic E-state index is -2.87. The maximum atomic E-state index is 12.4. The van der Waals surface area contributed by atoms with Crippen LogP contribution in [0.2, 0.25) is 0 Å². The fourth-order valence-corrected chi connectivity index (χ4v) is 3.15. The Balaban J connectivity index is 1.47. The minimum absolute atomic E-state index is 0.0390. The Hall–Kier alpha value is -2.22. The molecule has 1 fully saturated rings. The molecule has 3 rings (SSSR count). The van der Waals surface area contributed by atoms with Crippen LogP contribution in [-0.4, -0.2) is 44.9 Å². The van der Waals surface area contributed by atoms with Crippen LogP contribution in [0.1, 0.15) is 16.7 Å². The van der Waals surface area contributed by atoms with Crippen molar-refractivity contribution in [1.29, 1.82) is 0 Å². The largest absolute Gasteiger partial charge is 0.493 e. The molecule has 0 unspecified atom stereocenters. The van der Waals surface area contributed by atoms with Crippen molar-refractivity contribution in [1.82, 2.24) is 10.2 Å². The van der Waals surface area contributed by atoms with E-state index >= 15 is 0 Å². The molecule has 1 aliphatic rings. The Morgan fingerprint density at radius 2 is 1.61 bits per heavy atom. The number of methoxy groups -OCH3 is 1. The number of hydrogen-bond acceptors (Lipinski definition) is 5. The van der Waals surface area contributed by atoms with Gasteiger partial charge in [-0.15, -0.1) is 0 Å². The van der Waals surface area contributed by atoms with Crippen LogP contribution in [0, 0.1) is 0 Å². The van der Waals surface area contributed by atoms with E-state index in [2.05, 4.69) is 39.2 Å². The first-order chi connectivity index (χ1) is 13.6. The van der Waals surface area contributed by atoms with Crippen molar-refractivity contribution in [3.05, 3.63) is 59.2 Å². The van der Waals surface area contributed by atoms with Crippen molar-refractivity contribution in [2.24, 2.45) is 0 Å². The summed E-state index contributed by atoms with van der Waals surface area (Å²) in [6.07, 6.45) is 0. The third kappa shape index (κ3) is 6.15. The molecule has 2 aromatic rings. The molecule has 1 saturated heterocycles. The predicted molar refractivity (Wildman–Crippen MR) is 103 cm³/mol. The Kier molecular flexibility index (Phi) is 7.59. The van der Waals surface area contributed by atoms with Gasteiger partial charge in [0.1, 0.15) is 0 Å². The SMILES string of the molecule is COc1cc(CNCc2ccc(CN3CCOCC3)cc2)ccc1OC(F)F. The molecule has 7 heteroatoms. The van der Waals surface area contributed by atoms with Crippen LogP contribution < -0.4 is 14.8 Å². The molecule has 1 N–H and O–H groups in total. The van der Waals surface area contributed by atoms with Gasteiger partial charge in [-0.05, 0) is 28.8 Å². The molecule has 1 aliphatic heterocycles. The number of benzene rings is 2. The van der Waals surface area contributed by atoms with Crippen LogP contribution in [0.5, 0.6) is 11.5 Å². The van der Waals surface area contributed by atoms with Gasteiger partial charge in [-0.2, -0.15) is 8.78 Å². The van der Waals surface area contributed by atoms with E-state index in [4.69, 9.17) is 9.47 Å². The van der Waals surface area contributed by atoms with Crippen molar-refractivity contribution in [3.8, 4) is 11.5 Å². The van der Waals surface area contributed by atoms with Gasteiger partial charge in [-0.3, -0.25) is 4.90 Å². The highest BCUT2D eigenvalue weighted by atomic mass is 19.3. The molecule has 28 heavy (non-hydrogen) atoms. The normalized spacial score (nSPS) is 15.0. The number of ether oxygens (including phenoxy) is 3. The molecule has 0 bridgehead atoms. The fraction of sp³-hybridized carbons (Fsp3) is 0.429. The highest BCUT2D eigenvalue weighted by Crippen LogP contribution is 2.29. The molecule has 152 valence electrons. The Morgan fingerprint density at radius 1 is 0.964 bits per heavy atom.